The summed E-state index contributed by atoms with van der Waals surface area (Å²) in [6.45, 7) is 8.25. The molecule has 4 saturated heterocycles. The summed E-state index contributed by atoms with van der Waals surface area (Å²) in [5.74, 6) is -1.18. The molecule has 4 aliphatic heterocycles. The third kappa shape index (κ3) is 5.30. The Morgan fingerprint density at radius 3 is 1.62 bits per heavy atom. The molecule has 0 aromatic heterocycles. The van der Waals surface area contributed by atoms with Gasteiger partial charge in [0.15, 0.2) is 0 Å². The van der Waals surface area contributed by atoms with E-state index in [1.54, 1.807) is 22.0 Å². The lowest BCUT2D eigenvalue weighted by Gasteiger charge is -2.31. The van der Waals surface area contributed by atoms with Crippen molar-refractivity contribution in [1.29, 1.82) is 0 Å². The van der Waals surface area contributed by atoms with Gasteiger partial charge in [-0.25, -0.2) is 0 Å². The number of hydrogen-bond acceptors (Lipinski definition) is 10. The number of hydroxylamine groups is 2. The van der Waals surface area contributed by atoms with E-state index in [2.05, 4.69) is 24.1 Å². The minimum atomic E-state index is -0.631. The Kier molecular flexibility index (Phi) is 7.61. The molecule has 0 aromatic carbocycles. The summed E-state index contributed by atoms with van der Waals surface area (Å²) in [6, 6.07) is -0.727. The van der Waals surface area contributed by atoms with Gasteiger partial charge >= 0.3 is 11.9 Å². The van der Waals surface area contributed by atoms with Crippen LogP contribution in [0.2, 0.25) is 0 Å². The third-order valence-electron chi connectivity index (χ3n) is 6.37. The van der Waals surface area contributed by atoms with Crippen LogP contribution in [0.1, 0.15) is 38.5 Å². The van der Waals surface area contributed by atoms with Gasteiger partial charge in [-0.05, 0) is 12.8 Å². The average molecular weight is 479 g/mol. The fourth-order valence-corrected chi connectivity index (χ4v) is 4.35. The SMILES string of the molecule is C=CCC(NOC(=O)CCC(=O)ONC(CC=C)C1CN2C(=O)CC2O1)C1CN2C(=O)CC2O1. The standard InChI is InChI=1S/C22H30N4O8/c1-3-5-13(15-11-25-17(27)9-19(25)31-15)23-33-21(29)7-8-22(30)34-24-14(6-4-2)16-12-26-18(28)10-20(26)32-16/h3-4,13-16,19-20,23-24H,1-2,5-12H2. The van der Waals surface area contributed by atoms with Gasteiger partial charge in [-0.2, -0.15) is 0 Å². The molecular weight excluding hydrogens is 448 g/mol. The van der Waals surface area contributed by atoms with Crippen LogP contribution in [0, 0.1) is 0 Å². The van der Waals surface area contributed by atoms with Crippen molar-refractivity contribution in [3.63, 3.8) is 0 Å². The zero-order valence-corrected chi connectivity index (χ0v) is 18.9. The molecule has 6 atom stereocenters. The van der Waals surface area contributed by atoms with Crippen molar-refractivity contribution in [2.24, 2.45) is 0 Å². The molecule has 2 N–H and O–H groups in total. The van der Waals surface area contributed by atoms with Crippen molar-refractivity contribution < 1.29 is 38.3 Å². The van der Waals surface area contributed by atoms with Crippen molar-refractivity contribution >= 4 is 23.8 Å². The van der Waals surface area contributed by atoms with E-state index in [1.807, 2.05) is 0 Å². The van der Waals surface area contributed by atoms with Crippen LogP contribution in [0.3, 0.4) is 0 Å². The molecule has 12 heteroatoms. The molecule has 2 amide bonds. The maximum absolute atomic E-state index is 12.1. The molecule has 4 rings (SSSR count). The molecule has 0 radical (unpaired) electrons. The molecule has 4 aliphatic rings. The van der Waals surface area contributed by atoms with Gasteiger partial charge in [0.2, 0.25) is 11.8 Å². The molecule has 4 heterocycles. The van der Waals surface area contributed by atoms with Crippen LogP contribution >= 0.6 is 0 Å². The fourth-order valence-electron chi connectivity index (χ4n) is 4.35. The van der Waals surface area contributed by atoms with Crippen LogP contribution in [-0.2, 0) is 38.3 Å². The first-order chi connectivity index (χ1) is 16.4. The zero-order chi connectivity index (χ0) is 24.2. The molecule has 0 saturated carbocycles. The Morgan fingerprint density at radius 2 is 1.29 bits per heavy atom. The summed E-state index contributed by atoms with van der Waals surface area (Å²) in [5.41, 5.74) is 5.36. The van der Waals surface area contributed by atoms with Crippen molar-refractivity contribution in [3.05, 3.63) is 25.3 Å². The second-order valence-corrected chi connectivity index (χ2v) is 8.70. The van der Waals surface area contributed by atoms with Gasteiger partial charge < -0.3 is 28.9 Å². The first-order valence-electron chi connectivity index (χ1n) is 11.4. The van der Waals surface area contributed by atoms with Crippen LogP contribution in [0.25, 0.3) is 0 Å². The Hall–Kier alpha value is -2.80. The maximum atomic E-state index is 12.1. The highest BCUT2D eigenvalue weighted by atomic mass is 16.7. The molecule has 0 spiro atoms. The molecular formula is C22H30N4O8. The number of carbonyl (C=O) groups excluding carboxylic acids is 4. The number of hydrogen-bond donors (Lipinski definition) is 2. The largest absolute Gasteiger partial charge is 0.370 e. The normalized spacial score (nSPS) is 28.8. The van der Waals surface area contributed by atoms with Crippen molar-refractivity contribution in [3.8, 4) is 0 Å². The van der Waals surface area contributed by atoms with Crippen LogP contribution < -0.4 is 11.0 Å². The molecule has 6 unspecified atom stereocenters. The first kappa shape index (κ1) is 24.3. The molecule has 0 aromatic rings. The number of fused-ring (bicyclic) bond motifs is 2. The van der Waals surface area contributed by atoms with Gasteiger partial charge in [0, 0.05) is 0 Å². The van der Waals surface area contributed by atoms with E-state index in [9.17, 15) is 19.2 Å². The van der Waals surface area contributed by atoms with E-state index in [-0.39, 0.29) is 61.4 Å². The number of nitrogens with one attached hydrogen (secondary N) is 2. The predicted molar refractivity (Wildman–Crippen MR) is 115 cm³/mol. The number of rotatable bonds is 13. The Bertz CT molecular complexity index is 783. The van der Waals surface area contributed by atoms with Crippen LogP contribution in [0.5, 0.6) is 0 Å². The third-order valence-corrected chi connectivity index (χ3v) is 6.37. The zero-order valence-electron chi connectivity index (χ0n) is 18.9. The van der Waals surface area contributed by atoms with Crippen molar-refractivity contribution in [1.82, 2.24) is 20.8 Å². The molecule has 12 nitrogen and oxygen atoms in total. The minimum absolute atomic E-state index is 0.0437. The lowest BCUT2D eigenvalue weighted by atomic mass is 10.1. The van der Waals surface area contributed by atoms with Gasteiger partial charge in [0.1, 0.15) is 12.5 Å². The topological polar surface area (TPSA) is 136 Å². The van der Waals surface area contributed by atoms with Crippen molar-refractivity contribution in [2.75, 3.05) is 13.1 Å². The number of carbonyl (C=O) groups is 4. The Balaban J connectivity index is 1.15. The summed E-state index contributed by atoms with van der Waals surface area (Å²) >= 11 is 0. The molecule has 0 bridgehead atoms. The van der Waals surface area contributed by atoms with Gasteiger partial charge in [0.05, 0.1) is 63.1 Å². The summed E-state index contributed by atoms with van der Waals surface area (Å²) in [6.07, 6.45) is 3.56. The lowest BCUT2D eigenvalue weighted by molar-refractivity contribution is -0.165. The van der Waals surface area contributed by atoms with E-state index in [0.29, 0.717) is 38.8 Å². The van der Waals surface area contributed by atoms with E-state index in [0.717, 1.165) is 0 Å². The second-order valence-electron chi connectivity index (χ2n) is 8.70. The molecule has 0 aliphatic carbocycles. The van der Waals surface area contributed by atoms with Crippen LogP contribution in [0.4, 0.5) is 0 Å². The van der Waals surface area contributed by atoms with Crippen LogP contribution in [0.15, 0.2) is 25.3 Å². The Morgan fingerprint density at radius 1 is 0.882 bits per heavy atom. The number of β-lactam (4-membered cyclic amide) rings is 2. The number of amides is 2. The lowest BCUT2D eigenvalue weighted by Crippen LogP contribution is -2.49. The average Bonchev–Trinajstić information content (AvgIpc) is 3.34. The van der Waals surface area contributed by atoms with Gasteiger partial charge in [0.25, 0.3) is 0 Å². The summed E-state index contributed by atoms with van der Waals surface area (Å²) in [7, 11) is 0. The predicted octanol–water partition coefficient (Wildman–Crippen LogP) is -0.334. The number of nitrogens with zero attached hydrogens (tertiary/aromatic N) is 2. The summed E-state index contributed by atoms with van der Waals surface area (Å²) < 4.78 is 11.6. The smallest absolute Gasteiger partial charge is 0.325 e. The minimum Gasteiger partial charge on any atom is -0.370 e. The molecule has 34 heavy (non-hydrogen) atoms. The Labute approximate surface area is 197 Å². The fraction of sp³-hybridized carbons (Fsp3) is 0.636. The van der Waals surface area contributed by atoms with Crippen LogP contribution in [-0.4, -0.2) is 83.4 Å². The van der Waals surface area contributed by atoms with Gasteiger partial charge in [-0.15, -0.1) is 24.1 Å². The van der Waals surface area contributed by atoms with Crippen molar-refractivity contribution in [2.45, 2.75) is 75.3 Å². The first-order valence-corrected chi connectivity index (χ1v) is 11.4. The monoisotopic (exact) mass is 478 g/mol. The van der Waals surface area contributed by atoms with Gasteiger partial charge in [-0.3, -0.25) is 19.2 Å². The molecule has 4 fully saturated rings. The van der Waals surface area contributed by atoms with Gasteiger partial charge in [-0.1, -0.05) is 12.2 Å². The maximum Gasteiger partial charge on any atom is 0.325 e. The highest BCUT2D eigenvalue weighted by Crippen LogP contribution is 2.31. The summed E-state index contributed by atoms with van der Waals surface area (Å²) in [4.78, 5) is 60.8. The number of ether oxygens (including phenoxy) is 2. The highest BCUT2D eigenvalue weighted by molar-refractivity contribution is 5.83. The summed E-state index contributed by atoms with van der Waals surface area (Å²) in [5, 5.41) is 0. The van der Waals surface area contributed by atoms with E-state index < -0.39 is 11.9 Å². The highest BCUT2D eigenvalue weighted by Gasteiger charge is 2.48. The quantitative estimate of drug-likeness (QED) is 0.206. The van der Waals surface area contributed by atoms with E-state index in [1.165, 1.54) is 0 Å². The second kappa shape index (κ2) is 10.6. The van der Waals surface area contributed by atoms with E-state index >= 15 is 0 Å². The molecule has 186 valence electrons. The van der Waals surface area contributed by atoms with E-state index in [4.69, 9.17) is 19.1 Å².